The molecule has 2 unspecified atom stereocenters. The van der Waals surface area contributed by atoms with Crippen LogP contribution >= 0.6 is 0 Å². The summed E-state index contributed by atoms with van der Waals surface area (Å²) < 4.78 is 0. The Morgan fingerprint density at radius 1 is 1.23 bits per heavy atom. The Morgan fingerprint density at radius 2 is 1.85 bits per heavy atom. The molecule has 0 radical (unpaired) electrons. The second-order valence-corrected chi connectivity index (χ2v) is 4.95. The minimum absolute atomic E-state index is 0.762. The molecule has 0 amide bonds. The summed E-state index contributed by atoms with van der Waals surface area (Å²) in [6.07, 6.45) is 4.37. The van der Waals surface area contributed by atoms with Gasteiger partial charge in [-0.05, 0) is 30.7 Å². The second-order valence-electron chi connectivity index (χ2n) is 4.95. The molecule has 1 rings (SSSR count). The van der Waals surface area contributed by atoms with Crippen LogP contribution in [0.15, 0.2) is 0 Å². The summed E-state index contributed by atoms with van der Waals surface area (Å²) in [5, 5.41) is 3.64. The molecule has 1 aliphatic rings. The van der Waals surface area contributed by atoms with Gasteiger partial charge in [0, 0.05) is 6.04 Å². The van der Waals surface area contributed by atoms with Crippen LogP contribution in [0, 0.1) is 17.8 Å². The third kappa shape index (κ3) is 3.68. The molecule has 1 heteroatoms. The topological polar surface area (TPSA) is 12.0 Å². The fourth-order valence-electron chi connectivity index (χ4n) is 1.92. The van der Waals surface area contributed by atoms with E-state index in [4.69, 9.17) is 0 Å². The molecule has 78 valence electrons. The van der Waals surface area contributed by atoms with Crippen LogP contribution in [-0.4, -0.2) is 12.6 Å². The molecule has 1 nitrogen and oxygen atoms in total. The Kier molecular flexibility index (Phi) is 4.24. The first kappa shape index (κ1) is 11.0. The van der Waals surface area contributed by atoms with Gasteiger partial charge >= 0.3 is 0 Å². The molecule has 0 aromatic carbocycles. The van der Waals surface area contributed by atoms with Crippen molar-refractivity contribution in [3.63, 3.8) is 0 Å². The van der Waals surface area contributed by atoms with Gasteiger partial charge < -0.3 is 5.32 Å². The van der Waals surface area contributed by atoms with Gasteiger partial charge in [-0.25, -0.2) is 0 Å². The molecule has 13 heavy (non-hydrogen) atoms. The molecule has 0 aromatic rings. The lowest BCUT2D eigenvalue weighted by Crippen LogP contribution is -2.37. The lowest BCUT2D eigenvalue weighted by molar-refractivity contribution is 0.280. The van der Waals surface area contributed by atoms with E-state index in [1.54, 1.807) is 0 Å². The molecule has 1 N–H and O–H groups in total. The van der Waals surface area contributed by atoms with E-state index in [0.29, 0.717) is 0 Å². The molecule has 0 aliphatic heterocycles. The summed E-state index contributed by atoms with van der Waals surface area (Å²) in [4.78, 5) is 0. The highest BCUT2D eigenvalue weighted by molar-refractivity contribution is 4.83. The smallest absolute Gasteiger partial charge is 0.00976 e. The first-order chi connectivity index (χ1) is 6.15. The van der Waals surface area contributed by atoms with Gasteiger partial charge in [0.15, 0.2) is 0 Å². The number of hydrogen-bond donors (Lipinski definition) is 1. The van der Waals surface area contributed by atoms with Gasteiger partial charge in [0.25, 0.3) is 0 Å². The van der Waals surface area contributed by atoms with Crippen molar-refractivity contribution in [2.75, 3.05) is 6.54 Å². The van der Waals surface area contributed by atoms with Gasteiger partial charge in [0.1, 0.15) is 0 Å². The van der Waals surface area contributed by atoms with Gasteiger partial charge in [-0.1, -0.05) is 40.5 Å². The van der Waals surface area contributed by atoms with E-state index in [1.165, 1.54) is 19.3 Å². The van der Waals surface area contributed by atoms with E-state index in [0.717, 1.165) is 30.3 Å². The minimum atomic E-state index is 0.762. The van der Waals surface area contributed by atoms with Crippen molar-refractivity contribution in [2.24, 2.45) is 17.8 Å². The van der Waals surface area contributed by atoms with Crippen LogP contribution in [0.4, 0.5) is 0 Å². The van der Waals surface area contributed by atoms with E-state index in [9.17, 15) is 0 Å². The van der Waals surface area contributed by atoms with Crippen molar-refractivity contribution < 1.29 is 0 Å². The van der Waals surface area contributed by atoms with Crippen LogP contribution in [0.3, 0.4) is 0 Å². The highest BCUT2D eigenvalue weighted by atomic mass is 14.9. The Morgan fingerprint density at radius 3 is 2.23 bits per heavy atom. The van der Waals surface area contributed by atoms with Crippen molar-refractivity contribution in [1.82, 2.24) is 5.32 Å². The Balaban J connectivity index is 2.34. The normalized spacial score (nSPS) is 21.9. The fraction of sp³-hybridized carbons (Fsp3) is 1.00. The Hall–Kier alpha value is -0.0400. The van der Waals surface area contributed by atoms with E-state index in [2.05, 4.69) is 33.0 Å². The van der Waals surface area contributed by atoms with Crippen LogP contribution in [0.25, 0.3) is 0 Å². The largest absolute Gasteiger partial charge is 0.314 e. The minimum Gasteiger partial charge on any atom is -0.314 e. The summed E-state index contributed by atoms with van der Waals surface area (Å²) in [5.41, 5.74) is 0. The molecule has 1 aliphatic carbocycles. The maximum atomic E-state index is 3.64. The molecular formula is C12H25N. The van der Waals surface area contributed by atoms with Crippen molar-refractivity contribution in [3.05, 3.63) is 0 Å². The fourth-order valence-corrected chi connectivity index (χ4v) is 1.92. The van der Waals surface area contributed by atoms with Gasteiger partial charge in [0.2, 0.25) is 0 Å². The van der Waals surface area contributed by atoms with Crippen LogP contribution in [0.2, 0.25) is 0 Å². The molecule has 0 aromatic heterocycles. The third-order valence-electron chi connectivity index (χ3n) is 3.44. The second kappa shape index (κ2) is 4.99. The van der Waals surface area contributed by atoms with Crippen LogP contribution in [0.1, 0.15) is 47.0 Å². The molecule has 1 fully saturated rings. The van der Waals surface area contributed by atoms with Crippen molar-refractivity contribution >= 4 is 0 Å². The van der Waals surface area contributed by atoms with Crippen LogP contribution in [0.5, 0.6) is 0 Å². The zero-order chi connectivity index (χ0) is 9.84. The maximum Gasteiger partial charge on any atom is 0.00976 e. The maximum absolute atomic E-state index is 3.64. The summed E-state index contributed by atoms with van der Waals surface area (Å²) in [6.45, 7) is 10.4. The van der Waals surface area contributed by atoms with Crippen LogP contribution < -0.4 is 5.32 Å². The molecule has 0 heterocycles. The van der Waals surface area contributed by atoms with Crippen LogP contribution in [-0.2, 0) is 0 Å². The van der Waals surface area contributed by atoms with E-state index in [1.807, 2.05) is 0 Å². The molecule has 1 saturated carbocycles. The van der Waals surface area contributed by atoms with E-state index >= 15 is 0 Å². The van der Waals surface area contributed by atoms with Gasteiger partial charge in [-0.3, -0.25) is 0 Å². The average Bonchev–Trinajstić information content (AvgIpc) is 2.86. The first-order valence-corrected chi connectivity index (χ1v) is 5.88. The van der Waals surface area contributed by atoms with Gasteiger partial charge in [-0.2, -0.15) is 0 Å². The number of hydrogen-bond acceptors (Lipinski definition) is 1. The first-order valence-electron chi connectivity index (χ1n) is 5.88. The standard InChI is InChI=1S/C12H25N/c1-5-13-12(8-11-6-7-11)10(4)9(2)3/h9-13H,5-8H2,1-4H3. The zero-order valence-electron chi connectivity index (χ0n) is 9.64. The molecule has 0 saturated heterocycles. The highest BCUT2D eigenvalue weighted by Gasteiger charge is 2.28. The van der Waals surface area contributed by atoms with E-state index < -0.39 is 0 Å². The molecule has 0 spiro atoms. The zero-order valence-corrected chi connectivity index (χ0v) is 9.64. The number of nitrogens with one attached hydrogen (secondary N) is 1. The predicted molar refractivity (Wildman–Crippen MR) is 58.8 cm³/mol. The third-order valence-corrected chi connectivity index (χ3v) is 3.44. The predicted octanol–water partition coefficient (Wildman–Crippen LogP) is 3.06. The van der Waals surface area contributed by atoms with Crippen molar-refractivity contribution in [3.8, 4) is 0 Å². The monoisotopic (exact) mass is 183 g/mol. The Bertz CT molecular complexity index is 138. The van der Waals surface area contributed by atoms with Crippen molar-refractivity contribution in [2.45, 2.75) is 53.0 Å². The number of rotatable bonds is 6. The quantitative estimate of drug-likeness (QED) is 0.667. The lowest BCUT2D eigenvalue weighted by Gasteiger charge is -2.27. The summed E-state index contributed by atoms with van der Waals surface area (Å²) in [5.74, 6) is 2.67. The van der Waals surface area contributed by atoms with Gasteiger partial charge in [-0.15, -0.1) is 0 Å². The van der Waals surface area contributed by atoms with E-state index in [-0.39, 0.29) is 0 Å². The summed E-state index contributed by atoms with van der Waals surface area (Å²) in [7, 11) is 0. The molecule has 0 bridgehead atoms. The van der Waals surface area contributed by atoms with Gasteiger partial charge in [0.05, 0.1) is 0 Å². The molecule has 2 atom stereocenters. The van der Waals surface area contributed by atoms with Crippen molar-refractivity contribution in [1.29, 1.82) is 0 Å². The SMILES string of the molecule is CCNC(CC1CC1)C(C)C(C)C. The summed E-state index contributed by atoms with van der Waals surface area (Å²) >= 11 is 0. The highest BCUT2D eigenvalue weighted by Crippen LogP contribution is 2.35. The molecular weight excluding hydrogens is 158 g/mol. The Labute approximate surface area is 83.3 Å². The lowest BCUT2D eigenvalue weighted by atomic mass is 9.87. The average molecular weight is 183 g/mol. The summed E-state index contributed by atoms with van der Waals surface area (Å²) in [6, 6.07) is 0.762.